The van der Waals surface area contributed by atoms with E-state index in [0.717, 1.165) is 34.1 Å². The number of aromatic nitrogens is 3. The van der Waals surface area contributed by atoms with Gasteiger partial charge >= 0.3 is 6.03 Å². The number of aryl methyl sites for hydroxylation is 1. The van der Waals surface area contributed by atoms with Crippen LogP contribution in [0.1, 0.15) is 16.3 Å². The molecule has 4 rings (SSSR count). The van der Waals surface area contributed by atoms with Gasteiger partial charge in [0, 0.05) is 40.3 Å². The smallest absolute Gasteiger partial charge is 0.320 e. The fourth-order valence-corrected chi connectivity index (χ4v) is 3.71. The van der Waals surface area contributed by atoms with Gasteiger partial charge in [0.1, 0.15) is 11.4 Å². The molecule has 2 N–H and O–H groups in total. The van der Waals surface area contributed by atoms with Crippen molar-refractivity contribution >= 4 is 34.7 Å². The third-order valence-corrected chi connectivity index (χ3v) is 5.17. The Balaban J connectivity index is 1.54. The van der Waals surface area contributed by atoms with Gasteiger partial charge < -0.3 is 10.2 Å². The van der Waals surface area contributed by atoms with Gasteiger partial charge in [0.15, 0.2) is 0 Å². The van der Waals surface area contributed by atoms with Gasteiger partial charge in [0.05, 0.1) is 11.6 Å². The van der Waals surface area contributed by atoms with E-state index in [-0.39, 0.29) is 6.03 Å². The van der Waals surface area contributed by atoms with Crippen LogP contribution in [-0.4, -0.2) is 32.7 Å². The van der Waals surface area contributed by atoms with Gasteiger partial charge in [-0.3, -0.25) is 5.10 Å². The molecule has 0 atom stereocenters. The molecule has 128 valence electrons. The lowest BCUT2D eigenvalue weighted by Gasteiger charge is -2.27. The summed E-state index contributed by atoms with van der Waals surface area (Å²) in [4.78, 5) is 18.9. The summed E-state index contributed by atoms with van der Waals surface area (Å²) in [5.41, 5.74) is 4.49. The number of hydrogen-bond acceptors (Lipinski definition) is 4. The number of anilines is 1. The minimum Gasteiger partial charge on any atom is -0.320 e. The second kappa shape index (κ2) is 6.50. The minimum atomic E-state index is -0.144. The van der Waals surface area contributed by atoms with Crippen LogP contribution in [0, 0.1) is 6.92 Å². The molecule has 2 amide bonds. The number of nitrogens with zero attached hydrogens (tertiary/aromatic N) is 3. The van der Waals surface area contributed by atoms with Crippen molar-refractivity contribution < 1.29 is 4.79 Å². The number of carbonyl (C=O) groups excluding carboxylic acids is 1. The molecule has 0 aliphatic carbocycles. The average Bonchev–Trinajstić information content (AvgIpc) is 3.20. The van der Waals surface area contributed by atoms with Crippen LogP contribution in [-0.2, 0) is 13.0 Å². The van der Waals surface area contributed by atoms with Gasteiger partial charge in [0.25, 0.3) is 0 Å². The number of rotatable bonds is 2. The van der Waals surface area contributed by atoms with E-state index in [1.165, 1.54) is 0 Å². The van der Waals surface area contributed by atoms with Gasteiger partial charge in [-0.15, -0.1) is 11.3 Å². The zero-order valence-corrected chi connectivity index (χ0v) is 15.1. The van der Waals surface area contributed by atoms with Crippen molar-refractivity contribution in [2.24, 2.45) is 0 Å². The molecule has 0 unspecified atom stereocenters. The van der Waals surface area contributed by atoms with Crippen LogP contribution < -0.4 is 5.32 Å². The number of fused-ring (bicyclic) bond motifs is 1. The summed E-state index contributed by atoms with van der Waals surface area (Å²) < 4.78 is 0. The number of carbonyl (C=O) groups is 1. The van der Waals surface area contributed by atoms with Gasteiger partial charge in [-0.1, -0.05) is 17.7 Å². The highest BCUT2D eigenvalue weighted by Gasteiger charge is 2.26. The topological polar surface area (TPSA) is 73.9 Å². The first kappa shape index (κ1) is 16.1. The standard InChI is InChI=1S/C17H16ClN5OS/c1-10-19-15(9-25-10)16-13-8-23(6-5-14(13)21-22-16)17(24)20-12-4-2-3-11(18)7-12/h2-4,7,9H,5-6,8H2,1H3,(H,20,24)(H,21,22). The highest BCUT2D eigenvalue weighted by molar-refractivity contribution is 7.09. The van der Waals surface area contributed by atoms with Crippen molar-refractivity contribution in [1.29, 1.82) is 0 Å². The monoisotopic (exact) mass is 373 g/mol. The van der Waals surface area contributed by atoms with E-state index in [0.29, 0.717) is 23.8 Å². The summed E-state index contributed by atoms with van der Waals surface area (Å²) in [6.07, 6.45) is 0.744. The predicted octanol–water partition coefficient (Wildman–Crippen LogP) is 4.09. The Morgan fingerprint density at radius 2 is 2.32 bits per heavy atom. The van der Waals surface area contributed by atoms with E-state index in [4.69, 9.17) is 11.6 Å². The van der Waals surface area contributed by atoms with Crippen molar-refractivity contribution in [3.05, 3.63) is 50.9 Å². The summed E-state index contributed by atoms with van der Waals surface area (Å²) in [5, 5.41) is 14.0. The van der Waals surface area contributed by atoms with Crippen molar-refractivity contribution in [2.75, 3.05) is 11.9 Å². The Kier molecular flexibility index (Phi) is 4.19. The fourth-order valence-electron chi connectivity index (χ4n) is 2.92. The fraction of sp³-hybridized carbons (Fsp3) is 0.235. The molecule has 2 aromatic heterocycles. The summed E-state index contributed by atoms with van der Waals surface area (Å²) in [6, 6.07) is 6.99. The molecule has 3 heterocycles. The molecular weight excluding hydrogens is 358 g/mol. The summed E-state index contributed by atoms with van der Waals surface area (Å²) in [5.74, 6) is 0. The number of hydrogen-bond donors (Lipinski definition) is 2. The molecule has 0 spiro atoms. The first-order valence-corrected chi connectivity index (χ1v) is 9.16. The molecule has 1 aliphatic rings. The van der Waals surface area contributed by atoms with Crippen molar-refractivity contribution in [3.8, 4) is 11.4 Å². The Morgan fingerprint density at radius 1 is 1.44 bits per heavy atom. The number of urea groups is 1. The quantitative estimate of drug-likeness (QED) is 0.710. The maximum absolute atomic E-state index is 12.6. The Morgan fingerprint density at radius 3 is 3.08 bits per heavy atom. The van der Waals surface area contributed by atoms with Crippen LogP contribution in [0.2, 0.25) is 5.02 Å². The van der Waals surface area contributed by atoms with E-state index >= 15 is 0 Å². The highest BCUT2D eigenvalue weighted by atomic mass is 35.5. The Bertz CT molecular complexity index is 935. The van der Waals surface area contributed by atoms with Gasteiger partial charge in [0.2, 0.25) is 0 Å². The van der Waals surface area contributed by atoms with Crippen LogP contribution >= 0.6 is 22.9 Å². The number of benzene rings is 1. The molecule has 0 saturated carbocycles. The molecule has 1 aromatic carbocycles. The molecule has 0 saturated heterocycles. The molecular formula is C17H16ClN5OS. The maximum Gasteiger partial charge on any atom is 0.322 e. The second-order valence-corrected chi connectivity index (χ2v) is 7.39. The number of H-pyrrole nitrogens is 1. The van der Waals surface area contributed by atoms with Crippen LogP contribution in [0.4, 0.5) is 10.5 Å². The van der Waals surface area contributed by atoms with E-state index in [1.54, 1.807) is 28.4 Å². The molecule has 1 aliphatic heterocycles. The first-order valence-electron chi connectivity index (χ1n) is 7.90. The van der Waals surface area contributed by atoms with Crippen LogP contribution in [0.5, 0.6) is 0 Å². The number of amides is 2. The largest absolute Gasteiger partial charge is 0.322 e. The van der Waals surface area contributed by atoms with Crippen molar-refractivity contribution in [3.63, 3.8) is 0 Å². The molecule has 0 fully saturated rings. The number of nitrogens with one attached hydrogen (secondary N) is 2. The predicted molar refractivity (Wildman–Crippen MR) is 99.0 cm³/mol. The van der Waals surface area contributed by atoms with Crippen LogP contribution in [0.25, 0.3) is 11.4 Å². The lowest BCUT2D eigenvalue weighted by molar-refractivity contribution is 0.206. The Labute approximate surface area is 153 Å². The van der Waals surface area contributed by atoms with E-state index < -0.39 is 0 Å². The number of aromatic amines is 1. The van der Waals surface area contributed by atoms with Crippen molar-refractivity contribution in [2.45, 2.75) is 19.9 Å². The SMILES string of the molecule is Cc1nc(-c2n[nH]c3c2CN(C(=O)Nc2cccc(Cl)c2)CC3)cs1. The summed E-state index contributed by atoms with van der Waals surface area (Å²) in [6.45, 7) is 3.11. The van der Waals surface area contributed by atoms with Crippen molar-refractivity contribution in [1.82, 2.24) is 20.1 Å². The summed E-state index contributed by atoms with van der Waals surface area (Å²) in [7, 11) is 0. The minimum absolute atomic E-state index is 0.144. The van der Waals surface area contributed by atoms with E-state index in [1.807, 2.05) is 24.4 Å². The van der Waals surface area contributed by atoms with Gasteiger partial charge in [-0.25, -0.2) is 9.78 Å². The van der Waals surface area contributed by atoms with Gasteiger partial charge in [-0.2, -0.15) is 5.10 Å². The maximum atomic E-state index is 12.6. The van der Waals surface area contributed by atoms with Crippen LogP contribution in [0.3, 0.4) is 0 Å². The van der Waals surface area contributed by atoms with Crippen LogP contribution in [0.15, 0.2) is 29.6 Å². The lowest BCUT2D eigenvalue weighted by atomic mass is 10.0. The highest BCUT2D eigenvalue weighted by Crippen LogP contribution is 2.29. The van der Waals surface area contributed by atoms with E-state index in [2.05, 4.69) is 20.5 Å². The third kappa shape index (κ3) is 3.25. The molecule has 25 heavy (non-hydrogen) atoms. The lowest BCUT2D eigenvalue weighted by Crippen LogP contribution is -2.38. The first-order chi connectivity index (χ1) is 12.1. The normalized spacial score (nSPS) is 13.6. The molecule has 8 heteroatoms. The van der Waals surface area contributed by atoms with E-state index in [9.17, 15) is 4.79 Å². The molecule has 0 bridgehead atoms. The number of thiazole rings is 1. The molecule has 6 nitrogen and oxygen atoms in total. The zero-order valence-electron chi connectivity index (χ0n) is 13.5. The second-order valence-electron chi connectivity index (χ2n) is 5.89. The number of halogens is 1. The average molecular weight is 374 g/mol. The zero-order chi connectivity index (χ0) is 17.4. The Hall–Kier alpha value is -2.38. The molecule has 3 aromatic rings. The third-order valence-electron chi connectivity index (χ3n) is 4.16. The van der Waals surface area contributed by atoms with Gasteiger partial charge in [-0.05, 0) is 25.1 Å². The molecule has 0 radical (unpaired) electrons. The summed E-state index contributed by atoms with van der Waals surface area (Å²) >= 11 is 7.57.